The first-order valence-electron chi connectivity index (χ1n) is 6.99. The van der Waals surface area contributed by atoms with Gasteiger partial charge < -0.3 is 15.3 Å². The lowest BCUT2D eigenvalue weighted by Crippen LogP contribution is -2.40. The van der Waals surface area contributed by atoms with Crippen LogP contribution in [0.5, 0.6) is 0 Å². The van der Waals surface area contributed by atoms with E-state index in [0.29, 0.717) is 6.54 Å². The number of nitrogens with one attached hydrogen (secondary N) is 1. The van der Waals surface area contributed by atoms with E-state index < -0.39 is 6.10 Å². The number of hydrogen-bond acceptors (Lipinski definition) is 3. The van der Waals surface area contributed by atoms with Crippen LogP contribution in [0.3, 0.4) is 0 Å². The fourth-order valence-corrected chi connectivity index (χ4v) is 3.65. The van der Waals surface area contributed by atoms with Crippen molar-refractivity contribution in [3.05, 3.63) is 56.7 Å². The number of rotatable bonds is 5. The van der Waals surface area contributed by atoms with Crippen molar-refractivity contribution in [1.29, 1.82) is 0 Å². The van der Waals surface area contributed by atoms with Gasteiger partial charge in [0.05, 0.1) is 16.4 Å². The highest BCUT2D eigenvalue weighted by atomic mass is 79.9. The fourth-order valence-electron chi connectivity index (χ4n) is 2.11. The zero-order chi connectivity index (χ0) is 15.9. The molecule has 0 aliphatic heterocycles. The summed E-state index contributed by atoms with van der Waals surface area (Å²) in [6.45, 7) is 1.20. The van der Waals surface area contributed by atoms with Crippen LogP contribution >= 0.6 is 27.3 Å². The van der Waals surface area contributed by atoms with E-state index in [9.17, 15) is 5.11 Å². The van der Waals surface area contributed by atoms with Crippen LogP contribution in [-0.4, -0.2) is 36.6 Å². The van der Waals surface area contributed by atoms with Gasteiger partial charge in [0.25, 0.3) is 0 Å². The summed E-state index contributed by atoms with van der Waals surface area (Å²) in [7, 11) is 3.73. The minimum Gasteiger partial charge on any atom is -0.387 e. The van der Waals surface area contributed by atoms with Gasteiger partial charge in [0.1, 0.15) is 0 Å². The van der Waals surface area contributed by atoms with Gasteiger partial charge in [-0.1, -0.05) is 30.3 Å². The molecule has 2 aromatic rings. The van der Waals surface area contributed by atoms with Gasteiger partial charge in [-0.05, 0) is 33.6 Å². The Labute approximate surface area is 143 Å². The zero-order valence-corrected chi connectivity index (χ0v) is 15.1. The van der Waals surface area contributed by atoms with Gasteiger partial charge >= 0.3 is 0 Å². The number of aliphatic hydroxyl groups is 1. The third kappa shape index (κ3) is 4.83. The summed E-state index contributed by atoms with van der Waals surface area (Å²) in [6.07, 6.45) is -0.553. The monoisotopic (exact) mass is 381 g/mol. The summed E-state index contributed by atoms with van der Waals surface area (Å²) >= 11 is 5.18. The standard InChI is InChI=1S/C16H20BrN3OS/c1-18-16(20(2)11-13-8-9-15(17)22-13)19-10-14(21)12-6-4-3-5-7-12/h3-9,14,21H,10-11H2,1-2H3,(H,18,19). The van der Waals surface area contributed by atoms with E-state index in [1.165, 1.54) is 4.88 Å². The topological polar surface area (TPSA) is 47.9 Å². The van der Waals surface area contributed by atoms with Crippen LogP contribution in [0.15, 0.2) is 51.2 Å². The third-order valence-corrected chi connectivity index (χ3v) is 4.84. The maximum absolute atomic E-state index is 10.2. The van der Waals surface area contributed by atoms with Crippen LogP contribution < -0.4 is 5.32 Å². The normalized spacial score (nSPS) is 13.0. The maximum Gasteiger partial charge on any atom is 0.193 e. The second kappa shape index (κ2) is 8.31. The number of halogens is 1. The van der Waals surface area contributed by atoms with Gasteiger partial charge in [-0.2, -0.15) is 0 Å². The van der Waals surface area contributed by atoms with Crippen LogP contribution in [0.2, 0.25) is 0 Å². The molecule has 1 atom stereocenters. The van der Waals surface area contributed by atoms with Gasteiger partial charge in [0.2, 0.25) is 0 Å². The Kier molecular flexibility index (Phi) is 6.42. The molecule has 4 nitrogen and oxygen atoms in total. The molecular formula is C16H20BrN3OS. The molecule has 1 aromatic heterocycles. The van der Waals surface area contributed by atoms with E-state index in [2.05, 4.69) is 32.3 Å². The first-order chi connectivity index (χ1) is 10.6. The molecule has 0 saturated carbocycles. The molecule has 0 fully saturated rings. The van der Waals surface area contributed by atoms with E-state index in [0.717, 1.165) is 21.9 Å². The van der Waals surface area contributed by atoms with Crippen molar-refractivity contribution < 1.29 is 5.11 Å². The fraction of sp³-hybridized carbons (Fsp3) is 0.312. The summed E-state index contributed by atoms with van der Waals surface area (Å²) in [5, 5.41) is 13.4. The van der Waals surface area contributed by atoms with Crippen molar-refractivity contribution >= 4 is 33.2 Å². The van der Waals surface area contributed by atoms with Crippen LogP contribution in [0, 0.1) is 0 Å². The van der Waals surface area contributed by atoms with Gasteiger partial charge in [-0.25, -0.2) is 0 Å². The van der Waals surface area contributed by atoms with Crippen molar-refractivity contribution in [1.82, 2.24) is 10.2 Å². The first-order valence-corrected chi connectivity index (χ1v) is 8.60. The summed E-state index contributed by atoms with van der Waals surface area (Å²) < 4.78 is 1.12. The molecule has 6 heteroatoms. The third-order valence-electron chi connectivity index (χ3n) is 3.23. The van der Waals surface area contributed by atoms with Crippen molar-refractivity contribution in [2.45, 2.75) is 12.6 Å². The number of guanidine groups is 1. The molecule has 0 bridgehead atoms. The zero-order valence-electron chi connectivity index (χ0n) is 12.7. The lowest BCUT2D eigenvalue weighted by atomic mass is 10.1. The van der Waals surface area contributed by atoms with Crippen molar-refractivity contribution in [3.63, 3.8) is 0 Å². The minimum absolute atomic E-state index is 0.426. The Hall–Kier alpha value is -1.37. The Morgan fingerprint density at radius 3 is 2.64 bits per heavy atom. The average Bonchev–Trinajstić information content (AvgIpc) is 2.93. The lowest BCUT2D eigenvalue weighted by Gasteiger charge is -2.23. The summed E-state index contributed by atoms with van der Waals surface area (Å²) in [5.41, 5.74) is 0.898. The molecular weight excluding hydrogens is 362 g/mol. The second-order valence-corrected chi connectivity index (χ2v) is 7.46. The van der Waals surface area contributed by atoms with Gasteiger partial charge in [0.15, 0.2) is 5.96 Å². The molecule has 0 spiro atoms. The van der Waals surface area contributed by atoms with E-state index in [4.69, 9.17) is 0 Å². The highest BCUT2D eigenvalue weighted by molar-refractivity contribution is 9.11. The molecule has 118 valence electrons. The predicted molar refractivity (Wildman–Crippen MR) is 96.2 cm³/mol. The van der Waals surface area contributed by atoms with E-state index in [1.807, 2.05) is 48.3 Å². The molecule has 0 aliphatic rings. The first kappa shape index (κ1) is 17.0. The Balaban J connectivity index is 1.89. The van der Waals surface area contributed by atoms with Crippen LogP contribution in [0.25, 0.3) is 0 Å². The smallest absolute Gasteiger partial charge is 0.193 e. The average molecular weight is 382 g/mol. The van der Waals surface area contributed by atoms with Crippen molar-refractivity contribution in [2.24, 2.45) is 4.99 Å². The van der Waals surface area contributed by atoms with Crippen LogP contribution in [0.4, 0.5) is 0 Å². The van der Waals surface area contributed by atoms with E-state index in [-0.39, 0.29) is 0 Å². The predicted octanol–water partition coefficient (Wildman–Crippen LogP) is 3.25. The number of hydrogen-bond donors (Lipinski definition) is 2. The molecule has 0 saturated heterocycles. The van der Waals surface area contributed by atoms with Gasteiger partial charge in [-0.15, -0.1) is 11.3 Å². The molecule has 0 aliphatic carbocycles. The Morgan fingerprint density at radius 1 is 1.32 bits per heavy atom. The van der Waals surface area contributed by atoms with E-state index >= 15 is 0 Å². The van der Waals surface area contributed by atoms with Crippen molar-refractivity contribution in [2.75, 3.05) is 20.6 Å². The molecule has 1 heterocycles. The molecule has 1 unspecified atom stereocenters. The molecule has 2 N–H and O–H groups in total. The quantitative estimate of drug-likeness (QED) is 0.617. The van der Waals surface area contributed by atoms with Crippen LogP contribution in [0.1, 0.15) is 16.5 Å². The largest absolute Gasteiger partial charge is 0.387 e. The Morgan fingerprint density at radius 2 is 2.05 bits per heavy atom. The number of aliphatic hydroxyl groups excluding tert-OH is 1. The molecule has 1 aromatic carbocycles. The number of thiophene rings is 1. The molecule has 0 radical (unpaired) electrons. The lowest BCUT2D eigenvalue weighted by molar-refractivity contribution is 0.179. The minimum atomic E-state index is -0.553. The molecule has 0 amide bonds. The van der Waals surface area contributed by atoms with Crippen LogP contribution in [-0.2, 0) is 6.54 Å². The highest BCUT2D eigenvalue weighted by Crippen LogP contribution is 2.23. The Bertz CT molecular complexity index is 615. The molecule has 2 rings (SSSR count). The molecule has 22 heavy (non-hydrogen) atoms. The second-order valence-electron chi connectivity index (χ2n) is 4.92. The number of benzene rings is 1. The highest BCUT2D eigenvalue weighted by Gasteiger charge is 2.11. The van der Waals surface area contributed by atoms with E-state index in [1.54, 1.807) is 18.4 Å². The van der Waals surface area contributed by atoms with Gasteiger partial charge in [0, 0.05) is 25.5 Å². The van der Waals surface area contributed by atoms with Crippen molar-refractivity contribution in [3.8, 4) is 0 Å². The number of nitrogens with zero attached hydrogens (tertiary/aromatic N) is 2. The SMILES string of the molecule is CN=C(NCC(O)c1ccccc1)N(C)Cc1ccc(Br)s1. The summed E-state index contributed by atoms with van der Waals surface area (Å²) in [4.78, 5) is 7.56. The summed E-state index contributed by atoms with van der Waals surface area (Å²) in [6, 6.07) is 13.8. The van der Waals surface area contributed by atoms with Gasteiger partial charge in [-0.3, -0.25) is 4.99 Å². The maximum atomic E-state index is 10.2. The number of aliphatic imine (C=N–C) groups is 1. The summed E-state index contributed by atoms with van der Waals surface area (Å²) in [5.74, 6) is 0.763.